The Morgan fingerprint density at radius 3 is 2.65 bits per heavy atom. The van der Waals surface area contributed by atoms with Crippen LogP contribution in [0.25, 0.3) is 0 Å². The van der Waals surface area contributed by atoms with E-state index in [1.165, 1.54) is 4.90 Å². The maximum atomic E-state index is 13.6. The van der Waals surface area contributed by atoms with Crippen molar-refractivity contribution >= 4 is 17.8 Å². The molecule has 0 bridgehead atoms. The minimum atomic E-state index is -0.482. The van der Waals surface area contributed by atoms with Crippen molar-refractivity contribution in [1.29, 1.82) is 5.41 Å². The van der Waals surface area contributed by atoms with Gasteiger partial charge in [0.1, 0.15) is 11.4 Å². The summed E-state index contributed by atoms with van der Waals surface area (Å²) in [5, 5.41) is 15.1. The van der Waals surface area contributed by atoms with Crippen LogP contribution in [0.15, 0.2) is 48.8 Å². The van der Waals surface area contributed by atoms with Gasteiger partial charge in [-0.3, -0.25) is 24.9 Å². The number of guanidine groups is 1. The van der Waals surface area contributed by atoms with E-state index in [1.807, 2.05) is 50.2 Å². The van der Waals surface area contributed by atoms with E-state index < -0.39 is 11.6 Å². The van der Waals surface area contributed by atoms with Crippen molar-refractivity contribution < 1.29 is 14.3 Å². The van der Waals surface area contributed by atoms with Gasteiger partial charge in [0.25, 0.3) is 0 Å². The zero-order valence-electron chi connectivity index (χ0n) is 22.2. The topological polar surface area (TPSA) is 107 Å². The number of hydrogen-bond donors (Lipinski definition) is 3. The fourth-order valence-electron chi connectivity index (χ4n) is 5.74. The lowest BCUT2D eigenvalue weighted by Crippen LogP contribution is -2.60. The lowest BCUT2D eigenvalue weighted by Gasteiger charge is -2.43. The number of nitrogens with zero attached hydrogens (tertiary/aromatic N) is 2. The monoisotopic (exact) mass is 503 g/mol. The van der Waals surface area contributed by atoms with Crippen molar-refractivity contribution in [3.63, 3.8) is 0 Å². The zero-order chi connectivity index (χ0) is 26.5. The van der Waals surface area contributed by atoms with Crippen LogP contribution in [0.5, 0.6) is 5.75 Å². The quantitative estimate of drug-likeness (QED) is 0.543. The molecule has 1 aromatic carbocycles. The molecule has 0 radical (unpaired) electrons. The SMILES string of the molecule is CC(C)C1(C)CC(NC(=O)[C@@H]2C[C@H]2[C@@H](c2cccnc2)N2C(=N)NC(C)(C)CC2=O)c2ccccc2O1. The third-order valence-corrected chi connectivity index (χ3v) is 8.23. The number of nitrogens with one attached hydrogen (secondary N) is 3. The average Bonchev–Trinajstić information content (AvgIpc) is 3.62. The molecule has 3 N–H and O–H groups in total. The molecule has 0 spiro atoms. The van der Waals surface area contributed by atoms with Gasteiger partial charge < -0.3 is 15.4 Å². The molecule has 3 heterocycles. The van der Waals surface area contributed by atoms with Crippen LogP contribution in [0.4, 0.5) is 0 Å². The number of aromatic nitrogens is 1. The molecule has 5 rings (SSSR count). The Morgan fingerprint density at radius 1 is 1.22 bits per heavy atom. The number of ether oxygens (including phenoxy) is 1. The summed E-state index contributed by atoms with van der Waals surface area (Å²) in [6, 6.07) is 11.1. The Kier molecular flexibility index (Phi) is 6.24. The first-order valence-electron chi connectivity index (χ1n) is 13.2. The minimum absolute atomic E-state index is 0.0176. The molecule has 5 atom stereocenters. The van der Waals surface area contributed by atoms with E-state index in [0.29, 0.717) is 12.8 Å². The van der Waals surface area contributed by atoms with Crippen molar-refractivity contribution in [3.8, 4) is 5.75 Å². The Balaban J connectivity index is 1.38. The predicted octanol–water partition coefficient (Wildman–Crippen LogP) is 4.35. The van der Waals surface area contributed by atoms with Gasteiger partial charge in [-0.05, 0) is 56.7 Å². The summed E-state index contributed by atoms with van der Waals surface area (Å²) in [6.45, 7) is 10.2. The van der Waals surface area contributed by atoms with Crippen molar-refractivity contribution in [3.05, 3.63) is 59.9 Å². The molecular weight excluding hydrogens is 466 g/mol. The fraction of sp³-hybridized carbons (Fsp3) is 0.517. The number of carbonyl (C=O) groups is 2. The maximum Gasteiger partial charge on any atom is 0.232 e. The molecule has 8 heteroatoms. The van der Waals surface area contributed by atoms with E-state index in [9.17, 15) is 9.59 Å². The molecular formula is C29H37N5O3. The van der Waals surface area contributed by atoms with Gasteiger partial charge in [0.05, 0.1) is 12.1 Å². The number of rotatable bonds is 6. The number of fused-ring (bicyclic) bond motifs is 1. The van der Waals surface area contributed by atoms with Gasteiger partial charge in [-0.25, -0.2) is 0 Å². The Morgan fingerprint density at radius 2 is 1.97 bits per heavy atom. The summed E-state index contributed by atoms with van der Waals surface area (Å²) in [5.41, 5.74) is 0.964. The van der Waals surface area contributed by atoms with Gasteiger partial charge in [0, 0.05) is 42.3 Å². The third-order valence-electron chi connectivity index (χ3n) is 8.23. The molecule has 1 saturated heterocycles. The lowest BCUT2D eigenvalue weighted by molar-refractivity contribution is -0.133. The highest BCUT2D eigenvalue weighted by atomic mass is 16.5. The number of amides is 2. The number of carbonyl (C=O) groups excluding carboxylic acids is 2. The van der Waals surface area contributed by atoms with Gasteiger partial charge >= 0.3 is 0 Å². The van der Waals surface area contributed by atoms with Crippen LogP contribution in [-0.4, -0.2) is 38.8 Å². The zero-order valence-corrected chi connectivity index (χ0v) is 22.2. The highest BCUT2D eigenvalue weighted by molar-refractivity contribution is 5.99. The highest BCUT2D eigenvalue weighted by Crippen LogP contribution is 2.51. The molecule has 1 aliphatic carbocycles. The Hall–Kier alpha value is -3.42. The molecule has 2 aromatic rings. The number of hydrogen-bond acceptors (Lipinski definition) is 5. The second-order valence-corrected chi connectivity index (χ2v) is 11.9. The summed E-state index contributed by atoms with van der Waals surface area (Å²) in [4.78, 5) is 32.7. The van der Waals surface area contributed by atoms with Crippen molar-refractivity contribution in [2.24, 2.45) is 17.8 Å². The van der Waals surface area contributed by atoms with E-state index in [-0.39, 0.29) is 53.6 Å². The summed E-state index contributed by atoms with van der Waals surface area (Å²) in [7, 11) is 0. The maximum absolute atomic E-state index is 13.6. The second kappa shape index (κ2) is 9.15. The van der Waals surface area contributed by atoms with Crippen LogP contribution in [0.3, 0.4) is 0 Å². The fourth-order valence-corrected chi connectivity index (χ4v) is 5.74. The third kappa shape index (κ3) is 4.81. The summed E-state index contributed by atoms with van der Waals surface area (Å²) < 4.78 is 6.37. The molecule has 37 heavy (non-hydrogen) atoms. The molecule has 3 aliphatic rings. The van der Waals surface area contributed by atoms with Gasteiger partial charge in [0.2, 0.25) is 11.8 Å². The molecule has 1 aromatic heterocycles. The minimum Gasteiger partial charge on any atom is -0.487 e. The summed E-state index contributed by atoms with van der Waals surface area (Å²) >= 11 is 0. The van der Waals surface area contributed by atoms with E-state index in [4.69, 9.17) is 10.1 Å². The van der Waals surface area contributed by atoms with Crippen LogP contribution in [0.2, 0.25) is 0 Å². The first kappa shape index (κ1) is 25.2. The van der Waals surface area contributed by atoms with E-state index in [0.717, 1.165) is 16.9 Å². The van der Waals surface area contributed by atoms with E-state index >= 15 is 0 Å². The molecule has 2 fully saturated rings. The smallest absolute Gasteiger partial charge is 0.232 e. The van der Waals surface area contributed by atoms with Crippen molar-refractivity contribution in [2.45, 2.75) is 77.1 Å². The van der Waals surface area contributed by atoms with Gasteiger partial charge in [-0.15, -0.1) is 0 Å². The molecule has 2 amide bonds. The van der Waals surface area contributed by atoms with Crippen LogP contribution < -0.4 is 15.4 Å². The molecule has 196 valence electrons. The Bertz CT molecular complexity index is 1190. The normalized spacial score (nSPS) is 29.1. The first-order valence-corrected chi connectivity index (χ1v) is 13.2. The van der Waals surface area contributed by atoms with Crippen molar-refractivity contribution in [1.82, 2.24) is 20.5 Å². The lowest BCUT2D eigenvalue weighted by atomic mass is 9.81. The predicted molar refractivity (Wildman–Crippen MR) is 141 cm³/mol. The van der Waals surface area contributed by atoms with Crippen LogP contribution >= 0.6 is 0 Å². The van der Waals surface area contributed by atoms with Gasteiger partial charge in [-0.1, -0.05) is 38.1 Å². The largest absolute Gasteiger partial charge is 0.487 e. The summed E-state index contributed by atoms with van der Waals surface area (Å²) in [6.07, 6.45) is 5.04. The van der Waals surface area contributed by atoms with Gasteiger partial charge in [0.15, 0.2) is 5.96 Å². The molecule has 8 nitrogen and oxygen atoms in total. The summed E-state index contributed by atoms with van der Waals surface area (Å²) in [5.74, 6) is 0.695. The van der Waals surface area contributed by atoms with Crippen LogP contribution in [0.1, 0.15) is 77.1 Å². The second-order valence-electron chi connectivity index (χ2n) is 11.9. The standard InChI is InChI=1S/C29H37N5O3/c1-17(2)29(5)14-22(19-10-6-7-11-23(19)37-29)32-26(36)21-13-20(21)25(18-9-8-12-31-16-18)34-24(35)15-28(3,4)33-27(34)30/h6-12,16-17,20-22,25H,13-15H2,1-5H3,(H2,30,33)(H,32,36)/t20-,21-,22?,25-,29?/m1/s1. The van der Waals surface area contributed by atoms with Crippen molar-refractivity contribution in [2.75, 3.05) is 0 Å². The number of para-hydroxylation sites is 1. The van der Waals surface area contributed by atoms with E-state index in [1.54, 1.807) is 12.4 Å². The van der Waals surface area contributed by atoms with Gasteiger partial charge in [-0.2, -0.15) is 0 Å². The van der Waals surface area contributed by atoms with Crippen LogP contribution in [-0.2, 0) is 9.59 Å². The molecule has 2 unspecified atom stereocenters. The number of pyridine rings is 1. The average molecular weight is 504 g/mol. The molecule has 1 saturated carbocycles. The highest BCUT2D eigenvalue weighted by Gasteiger charge is 2.54. The van der Waals surface area contributed by atoms with E-state index in [2.05, 4.69) is 36.4 Å². The Labute approximate surface area is 218 Å². The first-order chi connectivity index (χ1) is 17.5. The number of benzene rings is 1. The molecule has 2 aliphatic heterocycles. The van der Waals surface area contributed by atoms with Crippen LogP contribution in [0, 0.1) is 23.2 Å².